The Morgan fingerprint density at radius 1 is 1.53 bits per heavy atom. The molecule has 0 aliphatic rings. The highest BCUT2D eigenvalue weighted by atomic mass is 79.9. The van der Waals surface area contributed by atoms with E-state index in [2.05, 4.69) is 34.2 Å². The predicted octanol–water partition coefficient (Wildman–Crippen LogP) is 3.72. The second-order valence-electron chi connectivity index (χ2n) is 3.35. The summed E-state index contributed by atoms with van der Waals surface area (Å²) < 4.78 is 6.27. The van der Waals surface area contributed by atoms with Crippen LogP contribution >= 0.6 is 27.3 Å². The minimum absolute atomic E-state index is 0.205. The minimum Gasteiger partial charge on any atom is -0.472 e. The molecule has 0 amide bonds. The molecule has 2 rings (SSSR count). The van der Waals surface area contributed by atoms with Gasteiger partial charge in [0.1, 0.15) is 0 Å². The molecule has 0 saturated carbocycles. The van der Waals surface area contributed by atoms with Crippen molar-refractivity contribution in [3.8, 4) is 0 Å². The van der Waals surface area contributed by atoms with Crippen molar-refractivity contribution in [1.29, 1.82) is 0 Å². The third-order valence-corrected chi connectivity index (χ3v) is 4.30. The quantitative estimate of drug-likeness (QED) is 0.930. The summed E-state index contributed by atoms with van der Waals surface area (Å²) in [4.78, 5) is 2.59. The highest BCUT2D eigenvalue weighted by Crippen LogP contribution is 2.35. The SMILES string of the molecule is CNC(c1ccoc1)c1sc(C)cc1Br. The Hall–Kier alpha value is -0.580. The van der Waals surface area contributed by atoms with Gasteiger partial charge in [-0.2, -0.15) is 0 Å². The van der Waals surface area contributed by atoms with Crippen LogP contribution in [0, 0.1) is 6.92 Å². The lowest BCUT2D eigenvalue weighted by molar-refractivity contribution is 0.558. The van der Waals surface area contributed by atoms with E-state index in [0.29, 0.717) is 0 Å². The fourth-order valence-electron chi connectivity index (χ4n) is 1.59. The van der Waals surface area contributed by atoms with Crippen molar-refractivity contribution in [2.24, 2.45) is 0 Å². The Balaban J connectivity index is 2.39. The van der Waals surface area contributed by atoms with Gasteiger partial charge in [-0.15, -0.1) is 11.3 Å². The average molecular weight is 286 g/mol. The Morgan fingerprint density at radius 2 is 2.33 bits per heavy atom. The maximum atomic E-state index is 5.11. The molecule has 0 aliphatic carbocycles. The zero-order chi connectivity index (χ0) is 10.8. The molecule has 15 heavy (non-hydrogen) atoms. The number of thiophene rings is 1. The fourth-order valence-corrected chi connectivity index (χ4v) is 3.60. The van der Waals surface area contributed by atoms with Crippen LogP contribution in [-0.4, -0.2) is 7.05 Å². The smallest absolute Gasteiger partial charge is 0.0954 e. The number of hydrogen-bond donors (Lipinski definition) is 1. The maximum absolute atomic E-state index is 5.11. The molecule has 0 aromatic carbocycles. The van der Waals surface area contributed by atoms with E-state index in [4.69, 9.17) is 4.42 Å². The first-order valence-corrected chi connectivity index (χ1v) is 6.28. The fraction of sp³-hybridized carbons (Fsp3) is 0.273. The van der Waals surface area contributed by atoms with Crippen LogP contribution in [0.4, 0.5) is 0 Å². The number of furan rings is 1. The molecule has 0 aliphatic heterocycles. The van der Waals surface area contributed by atoms with Crippen LogP contribution in [0.2, 0.25) is 0 Å². The predicted molar refractivity (Wildman–Crippen MR) is 66.4 cm³/mol. The normalized spacial score (nSPS) is 13.0. The van der Waals surface area contributed by atoms with Gasteiger partial charge in [0.15, 0.2) is 0 Å². The molecule has 1 N–H and O–H groups in total. The van der Waals surface area contributed by atoms with Crippen molar-refractivity contribution in [2.45, 2.75) is 13.0 Å². The lowest BCUT2D eigenvalue weighted by Gasteiger charge is -2.12. The van der Waals surface area contributed by atoms with E-state index in [1.54, 1.807) is 23.9 Å². The van der Waals surface area contributed by atoms with Crippen LogP contribution in [0.15, 0.2) is 33.5 Å². The van der Waals surface area contributed by atoms with Crippen LogP contribution in [-0.2, 0) is 0 Å². The van der Waals surface area contributed by atoms with Gasteiger partial charge >= 0.3 is 0 Å². The molecule has 2 nitrogen and oxygen atoms in total. The van der Waals surface area contributed by atoms with Gasteiger partial charge in [0.2, 0.25) is 0 Å². The minimum atomic E-state index is 0.205. The van der Waals surface area contributed by atoms with E-state index in [9.17, 15) is 0 Å². The van der Waals surface area contributed by atoms with E-state index < -0.39 is 0 Å². The molecule has 0 spiro atoms. The van der Waals surface area contributed by atoms with E-state index in [-0.39, 0.29) is 6.04 Å². The number of rotatable bonds is 3. The van der Waals surface area contributed by atoms with Gasteiger partial charge in [-0.25, -0.2) is 0 Å². The summed E-state index contributed by atoms with van der Waals surface area (Å²) in [5, 5.41) is 3.30. The Morgan fingerprint density at radius 3 is 2.80 bits per heavy atom. The van der Waals surface area contributed by atoms with Crippen molar-refractivity contribution in [1.82, 2.24) is 5.32 Å². The van der Waals surface area contributed by atoms with Crippen LogP contribution in [0.3, 0.4) is 0 Å². The monoisotopic (exact) mass is 285 g/mol. The van der Waals surface area contributed by atoms with Gasteiger partial charge in [-0.3, -0.25) is 0 Å². The van der Waals surface area contributed by atoms with Gasteiger partial charge in [0.25, 0.3) is 0 Å². The summed E-state index contributed by atoms with van der Waals surface area (Å²) in [6, 6.07) is 4.34. The van der Waals surface area contributed by atoms with E-state index in [1.807, 2.05) is 13.1 Å². The third-order valence-electron chi connectivity index (χ3n) is 2.26. The van der Waals surface area contributed by atoms with Crippen molar-refractivity contribution in [3.63, 3.8) is 0 Å². The molecule has 1 unspecified atom stereocenters. The first-order chi connectivity index (χ1) is 7.22. The van der Waals surface area contributed by atoms with Crippen LogP contribution in [0.5, 0.6) is 0 Å². The second-order valence-corrected chi connectivity index (χ2v) is 5.49. The number of halogens is 1. The van der Waals surface area contributed by atoms with Gasteiger partial charge < -0.3 is 9.73 Å². The molecule has 0 saturated heterocycles. The van der Waals surface area contributed by atoms with Crippen molar-refractivity contribution in [3.05, 3.63) is 44.4 Å². The van der Waals surface area contributed by atoms with Crippen LogP contribution < -0.4 is 5.32 Å². The van der Waals surface area contributed by atoms with E-state index in [1.165, 1.54) is 9.75 Å². The topological polar surface area (TPSA) is 25.2 Å². The van der Waals surface area contributed by atoms with Crippen molar-refractivity contribution >= 4 is 27.3 Å². The zero-order valence-electron chi connectivity index (χ0n) is 8.58. The molecule has 1 atom stereocenters. The Labute approximate surface area is 101 Å². The van der Waals surface area contributed by atoms with Crippen molar-refractivity contribution < 1.29 is 4.42 Å². The highest BCUT2D eigenvalue weighted by molar-refractivity contribution is 9.10. The lowest BCUT2D eigenvalue weighted by Crippen LogP contribution is -2.16. The summed E-state index contributed by atoms with van der Waals surface area (Å²) in [6.45, 7) is 2.11. The molecule has 2 aromatic heterocycles. The number of aryl methyl sites for hydroxylation is 1. The van der Waals surface area contributed by atoms with Crippen molar-refractivity contribution in [2.75, 3.05) is 7.05 Å². The summed E-state index contributed by atoms with van der Waals surface area (Å²) in [5.41, 5.74) is 1.15. The first kappa shape index (κ1) is 10.9. The van der Waals surface area contributed by atoms with Crippen LogP contribution in [0.25, 0.3) is 0 Å². The number of nitrogens with one attached hydrogen (secondary N) is 1. The largest absolute Gasteiger partial charge is 0.472 e. The molecule has 0 radical (unpaired) electrons. The van der Waals surface area contributed by atoms with E-state index in [0.717, 1.165) is 10.0 Å². The Kier molecular flexibility index (Phi) is 3.29. The summed E-state index contributed by atoms with van der Waals surface area (Å²) in [7, 11) is 1.96. The molecule has 2 heterocycles. The Bertz CT molecular complexity index is 435. The zero-order valence-corrected chi connectivity index (χ0v) is 11.0. The molecular weight excluding hydrogens is 274 g/mol. The van der Waals surface area contributed by atoms with Gasteiger partial charge in [0.05, 0.1) is 18.6 Å². The molecular formula is C11H12BrNOS. The second kappa shape index (κ2) is 4.51. The highest BCUT2D eigenvalue weighted by Gasteiger charge is 2.18. The standard InChI is InChI=1S/C11H12BrNOS/c1-7-5-9(12)11(15-7)10(13-2)8-3-4-14-6-8/h3-6,10,13H,1-2H3. The van der Waals surface area contributed by atoms with E-state index >= 15 is 0 Å². The lowest BCUT2D eigenvalue weighted by atomic mass is 10.1. The summed E-state index contributed by atoms with van der Waals surface area (Å²) in [5.74, 6) is 0. The summed E-state index contributed by atoms with van der Waals surface area (Å²) in [6.07, 6.45) is 3.48. The van der Waals surface area contributed by atoms with Crippen LogP contribution in [0.1, 0.15) is 21.4 Å². The molecule has 0 bridgehead atoms. The van der Waals surface area contributed by atoms with Gasteiger partial charge in [0, 0.05) is 19.8 Å². The van der Waals surface area contributed by atoms with Gasteiger partial charge in [-0.05, 0) is 42.0 Å². The number of hydrogen-bond acceptors (Lipinski definition) is 3. The van der Waals surface area contributed by atoms with Gasteiger partial charge in [-0.1, -0.05) is 0 Å². The average Bonchev–Trinajstić information content (AvgIpc) is 2.79. The molecule has 0 fully saturated rings. The molecule has 2 aromatic rings. The maximum Gasteiger partial charge on any atom is 0.0954 e. The summed E-state index contributed by atoms with van der Waals surface area (Å²) >= 11 is 5.38. The molecule has 80 valence electrons. The molecule has 4 heteroatoms. The third kappa shape index (κ3) is 2.17. The first-order valence-electron chi connectivity index (χ1n) is 4.67.